The van der Waals surface area contributed by atoms with Gasteiger partial charge >= 0.3 is 11.9 Å². The van der Waals surface area contributed by atoms with Crippen LogP contribution in [0, 0.1) is 0 Å². The number of carbonyl (C=O) groups excluding carboxylic acids is 2. The zero-order valence-corrected chi connectivity index (χ0v) is 13.6. The summed E-state index contributed by atoms with van der Waals surface area (Å²) in [4.78, 5) is 25.9. The van der Waals surface area contributed by atoms with Crippen LogP contribution in [0.2, 0.25) is 0 Å². The van der Waals surface area contributed by atoms with E-state index in [1.54, 1.807) is 11.8 Å². The van der Waals surface area contributed by atoms with E-state index in [4.69, 9.17) is 9.47 Å². The summed E-state index contributed by atoms with van der Waals surface area (Å²) in [5, 5.41) is 0. The highest BCUT2D eigenvalue weighted by Gasteiger charge is 2.39. The zero-order valence-electron chi connectivity index (χ0n) is 12.8. The van der Waals surface area contributed by atoms with Crippen LogP contribution in [-0.2, 0) is 19.1 Å². The third kappa shape index (κ3) is 2.97. The molecule has 118 valence electrons. The van der Waals surface area contributed by atoms with Crippen LogP contribution in [0.3, 0.4) is 0 Å². The Kier molecular flexibility index (Phi) is 4.39. The van der Waals surface area contributed by atoms with E-state index in [-0.39, 0.29) is 5.92 Å². The van der Waals surface area contributed by atoms with Crippen LogP contribution in [-0.4, -0.2) is 25.2 Å². The van der Waals surface area contributed by atoms with Crippen LogP contribution in [0.15, 0.2) is 58.3 Å². The molecule has 3 rings (SSSR count). The van der Waals surface area contributed by atoms with Gasteiger partial charge in [0.05, 0.1) is 13.0 Å². The minimum atomic E-state index is -0.999. The molecule has 5 heteroatoms. The molecule has 23 heavy (non-hydrogen) atoms. The standard InChI is InChI=1S/C18H16O4S/c1-11(19)22-17(18(20)21-2)16-12-7-3-5-9-14(12)23-15-10-6-4-8-13(15)16/h3-10,16-17H,1-2H3. The first-order chi connectivity index (χ1) is 11.1. The predicted octanol–water partition coefficient (Wildman–Crippen LogP) is 3.39. The Balaban J connectivity index is 2.16. The summed E-state index contributed by atoms with van der Waals surface area (Å²) in [6.07, 6.45) is -0.999. The SMILES string of the molecule is COC(=O)C(OC(C)=O)C1c2ccccc2Sc2ccccc21. The Bertz CT molecular complexity index is 711. The maximum atomic E-state index is 12.3. The molecule has 0 saturated carbocycles. The van der Waals surface area contributed by atoms with Gasteiger partial charge < -0.3 is 9.47 Å². The lowest BCUT2D eigenvalue weighted by Gasteiger charge is -2.31. The summed E-state index contributed by atoms with van der Waals surface area (Å²) >= 11 is 1.65. The molecular weight excluding hydrogens is 312 g/mol. The van der Waals surface area contributed by atoms with Crippen molar-refractivity contribution in [2.45, 2.75) is 28.7 Å². The maximum Gasteiger partial charge on any atom is 0.348 e. The first-order valence-electron chi connectivity index (χ1n) is 7.22. The molecule has 1 unspecified atom stereocenters. The van der Waals surface area contributed by atoms with Gasteiger partial charge in [-0.3, -0.25) is 4.79 Å². The van der Waals surface area contributed by atoms with Crippen molar-refractivity contribution < 1.29 is 19.1 Å². The van der Waals surface area contributed by atoms with Crippen molar-refractivity contribution in [2.75, 3.05) is 7.11 Å². The number of ether oxygens (including phenoxy) is 2. The van der Waals surface area contributed by atoms with Gasteiger partial charge in [0.1, 0.15) is 0 Å². The minimum absolute atomic E-state index is 0.375. The second-order valence-corrected chi connectivity index (χ2v) is 6.29. The molecule has 0 bridgehead atoms. The number of rotatable bonds is 3. The lowest BCUT2D eigenvalue weighted by molar-refractivity contribution is -0.165. The van der Waals surface area contributed by atoms with Gasteiger partial charge in [-0.15, -0.1) is 0 Å². The van der Waals surface area contributed by atoms with Gasteiger partial charge in [-0.05, 0) is 23.3 Å². The molecule has 0 radical (unpaired) electrons. The van der Waals surface area contributed by atoms with Gasteiger partial charge in [0.2, 0.25) is 6.10 Å². The van der Waals surface area contributed by atoms with Crippen LogP contribution >= 0.6 is 11.8 Å². The number of carbonyl (C=O) groups is 2. The first kappa shape index (κ1) is 15.6. The van der Waals surface area contributed by atoms with Gasteiger partial charge in [-0.25, -0.2) is 4.79 Å². The minimum Gasteiger partial charge on any atom is -0.466 e. The van der Waals surface area contributed by atoms with Gasteiger partial charge in [0.25, 0.3) is 0 Å². The highest BCUT2D eigenvalue weighted by atomic mass is 32.2. The van der Waals surface area contributed by atoms with Crippen molar-refractivity contribution in [3.63, 3.8) is 0 Å². The van der Waals surface area contributed by atoms with E-state index in [0.717, 1.165) is 20.9 Å². The molecule has 0 N–H and O–H groups in total. The highest BCUT2D eigenvalue weighted by molar-refractivity contribution is 7.99. The molecule has 0 amide bonds. The van der Waals surface area contributed by atoms with E-state index in [1.807, 2.05) is 48.5 Å². The van der Waals surface area contributed by atoms with Crippen LogP contribution in [0.25, 0.3) is 0 Å². The summed E-state index contributed by atoms with van der Waals surface area (Å²) < 4.78 is 10.2. The first-order valence-corrected chi connectivity index (χ1v) is 8.04. The quantitative estimate of drug-likeness (QED) is 0.809. The fourth-order valence-corrected chi connectivity index (χ4v) is 3.98. The monoisotopic (exact) mass is 328 g/mol. The van der Waals surface area contributed by atoms with E-state index >= 15 is 0 Å². The Hall–Kier alpha value is -2.27. The molecule has 2 aromatic rings. The Morgan fingerprint density at radius 1 is 1.00 bits per heavy atom. The molecule has 0 saturated heterocycles. The lowest BCUT2D eigenvalue weighted by Crippen LogP contribution is -2.35. The molecule has 1 heterocycles. The summed E-state index contributed by atoms with van der Waals surface area (Å²) in [5.41, 5.74) is 1.93. The van der Waals surface area contributed by atoms with Crippen molar-refractivity contribution >= 4 is 23.7 Å². The van der Waals surface area contributed by atoms with E-state index in [1.165, 1.54) is 14.0 Å². The topological polar surface area (TPSA) is 52.6 Å². The molecule has 4 nitrogen and oxygen atoms in total. The van der Waals surface area contributed by atoms with Gasteiger partial charge in [0, 0.05) is 16.7 Å². The molecule has 2 aromatic carbocycles. The Labute approximate surface area is 138 Å². The van der Waals surface area contributed by atoms with E-state index in [0.29, 0.717) is 0 Å². The van der Waals surface area contributed by atoms with Crippen LogP contribution in [0.5, 0.6) is 0 Å². The molecule has 0 aromatic heterocycles. The molecule has 1 aliphatic rings. The van der Waals surface area contributed by atoms with Gasteiger partial charge in [-0.2, -0.15) is 0 Å². The second-order valence-electron chi connectivity index (χ2n) is 5.21. The Morgan fingerprint density at radius 2 is 1.52 bits per heavy atom. The van der Waals surface area contributed by atoms with Crippen molar-refractivity contribution in [3.8, 4) is 0 Å². The predicted molar refractivity (Wildman–Crippen MR) is 86.4 cm³/mol. The summed E-state index contributed by atoms with van der Waals surface area (Å²) in [6, 6.07) is 15.7. The maximum absolute atomic E-state index is 12.3. The second kappa shape index (κ2) is 6.46. The molecular formula is C18H16O4S. The third-order valence-corrected chi connectivity index (χ3v) is 4.94. The van der Waals surface area contributed by atoms with Crippen LogP contribution in [0.1, 0.15) is 24.0 Å². The van der Waals surface area contributed by atoms with E-state index in [2.05, 4.69) is 0 Å². The number of esters is 2. The average Bonchev–Trinajstić information content (AvgIpc) is 2.57. The normalized spacial score (nSPS) is 14.3. The lowest BCUT2D eigenvalue weighted by atomic mass is 9.86. The number of fused-ring (bicyclic) bond motifs is 2. The number of hydrogen-bond donors (Lipinski definition) is 0. The van der Waals surface area contributed by atoms with Crippen molar-refractivity contribution in [2.24, 2.45) is 0 Å². The van der Waals surface area contributed by atoms with E-state index < -0.39 is 18.0 Å². The van der Waals surface area contributed by atoms with Crippen molar-refractivity contribution in [3.05, 3.63) is 59.7 Å². The summed E-state index contributed by atoms with van der Waals surface area (Å²) in [6.45, 7) is 1.30. The van der Waals surface area contributed by atoms with Crippen LogP contribution < -0.4 is 0 Å². The van der Waals surface area contributed by atoms with Gasteiger partial charge in [0.15, 0.2) is 0 Å². The number of methoxy groups -OCH3 is 1. The Morgan fingerprint density at radius 3 is 2.00 bits per heavy atom. The smallest absolute Gasteiger partial charge is 0.348 e. The van der Waals surface area contributed by atoms with Gasteiger partial charge in [-0.1, -0.05) is 48.2 Å². The van der Waals surface area contributed by atoms with E-state index in [9.17, 15) is 9.59 Å². The van der Waals surface area contributed by atoms with Crippen molar-refractivity contribution in [1.82, 2.24) is 0 Å². The molecule has 1 atom stereocenters. The summed E-state index contributed by atoms with van der Waals surface area (Å²) in [7, 11) is 1.30. The van der Waals surface area contributed by atoms with Crippen LogP contribution in [0.4, 0.5) is 0 Å². The number of hydrogen-bond acceptors (Lipinski definition) is 5. The number of benzene rings is 2. The molecule has 1 aliphatic heterocycles. The molecule has 0 spiro atoms. The molecule has 0 fully saturated rings. The fraction of sp³-hybridized carbons (Fsp3) is 0.222. The molecule has 0 aliphatic carbocycles. The largest absolute Gasteiger partial charge is 0.466 e. The highest BCUT2D eigenvalue weighted by Crippen LogP contribution is 2.47. The summed E-state index contributed by atoms with van der Waals surface area (Å²) in [5.74, 6) is -1.43. The third-order valence-electron chi connectivity index (χ3n) is 3.76. The van der Waals surface area contributed by atoms with Crippen molar-refractivity contribution in [1.29, 1.82) is 0 Å². The fourth-order valence-electron chi connectivity index (χ4n) is 2.82. The zero-order chi connectivity index (χ0) is 16.4. The average molecular weight is 328 g/mol.